The van der Waals surface area contributed by atoms with E-state index >= 15 is 0 Å². The van der Waals surface area contributed by atoms with Crippen molar-refractivity contribution in [3.8, 4) is 51.6 Å². The Bertz CT molecular complexity index is 1330. The lowest BCUT2D eigenvalue weighted by atomic mass is 10.0. The molecule has 13 nitrogen and oxygen atoms in total. The summed E-state index contributed by atoms with van der Waals surface area (Å²) in [5.74, 6) is -4.39. The second kappa shape index (κ2) is 9.03. The summed E-state index contributed by atoms with van der Waals surface area (Å²) >= 11 is 0. The van der Waals surface area contributed by atoms with Gasteiger partial charge in [0, 0.05) is 5.56 Å². The van der Waals surface area contributed by atoms with Crippen molar-refractivity contribution in [1.29, 1.82) is 0 Å². The van der Waals surface area contributed by atoms with Gasteiger partial charge in [-0.2, -0.15) is 0 Å². The van der Waals surface area contributed by atoms with E-state index in [1.54, 1.807) is 0 Å². The summed E-state index contributed by atoms with van der Waals surface area (Å²) in [6, 6.07) is 3.40. The van der Waals surface area contributed by atoms with Crippen LogP contribution in [0.3, 0.4) is 0 Å². The normalized spacial score (nSPS) is 22.2. The second-order valence-electron chi connectivity index (χ2n) is 7.63. The van der Waals surface area contributed by atoms with E-state index < -0.39 is 82.1 Å². The van der Waals surface area contributed by atoms with Crippen molar-refractivity contribution in [2.45, 2.75) is 24.6 Å². The minimum absolute atomic E-state index is 0.00275. The summed E-state index contributed by atoms with van der Waals surface area (Å²) in [5, 5.41) is 70.1. The first kappa shape index (κ1) is 24.2. The predicted molar refractivity (Wildman–Crippen MR) is 116 cm³/mol. The van der Waals surface area contributed by atoms with E-state index in [0.717, 1.165) is 19.2 Å². The highest BCUT2D eigenvalue weighted by atomic mass is 16.7. The Morgan fingerprint density at radius 2 is 1.57 bits per heavy atom. The molecule has 188 valence electrons. The Morgan fingerprint density at radius 3 is 2.20 bits per heavy atom. The van der Waals surface area contributed by atoms with E-state index in [1.807, 2.05) is 0 Å². The maximum Gasteiger partial charge on any atom is 0.239 e. The van der Waals surface area contributed by atoms with Crippen molar-refractivity contribution in [2.24, 2.45) is 0 Å². The Kier molecular flexibility index (Phi) is 6.25. The van der Waals surface area contributed by atoms with Crippen LogP contribution < -0.4 is 19.6 Å². The fourth-order valence-corrected chi connectivity index (χ4v) is 3.67. The molecular formula is C22H22O13. The van der Waals surface area contributed by atoms with E-state index in [4.69, 9.17) is 23.4 Å². The van der Waals surface area contributed by atoms with Gasteiger partial charge in [-0.1, -0.05) is 0 Å². The standard InChI is InChI=1S/C22H22O13/c1-31-19-13(27)11-14(28)21(35-22-15(29)12(26)10(25)6-33-22)17(7-3-4-8(23)9(24)5-7)34-18(11)20(32-2)16(19)30/h3-5,10,12,15,22-27,29-30H,6H2,1-2H3. The van der Waals surface area contributed by atoms with Crippen LogP contribution in [0, 0.1) is 0 Å². The third kappa shape index (κ3) is 3.89. The minimum atomic E-state index is -1.78. The highest BCUT2D eigenvalue weighted by Gasteiger charge is 2.40. The third-order valence-electron chi connectivity index (χ3n) is 5.49. The molecule has 1 aliphatic heterocycles. The van der Waals surface area contributed by atoms with E-state index in [9.17, 15) is 40.5 Å². The first-order chi connectivity index (χ1) is 16.6. The van der Waals surface area contributed by atoms with Gasteiger partial charge in [-0.05, 0) is 18.2 Å². The van der Waals surface area contributed by atoms with Gasteiger partial charge in [-0.15, -0.1) is 0 Å². The van der Waals surface area contributed by atoms with Crippen LogP contribution in [0.4, 0.5) is 0 Å². The Labute approximate surface area is 196 Å². The largest absolute Gasteiger partial charge is 0.504 e. The van der Waals surface area contributed by atoms with Crippen molar-refractivity contribution >= 4 is 11.0 Å². The number of aliphatic hydroxyl groups is 3. The average Bonchev–Trinajstić information content (AvgIpc) is 2.82. The van der Waals surface area contributed by atoms with Crippen molar-refractivity contribution in [3.05, 3.63) is 28.4 Å². The molecule has 1 aromatic heterocycles. The summed E-state index contributed by atoms with van der Waals surface area (Å²) in [7, 11) is 2.30. The quantitative estimate of drug-likeness (QED) is 0.235. The number of phenols is 4. The van der Waals surface area contributed by atoms with Crippen molar-refractivity contribution in [1.82, 2.24) is 0 Å². The molecule has 0 amide bonds. The third-order valence-corrected chi connectivity index (χ3v) is 5.49. The summed E-state index contributed by atoms with van der Waals surface area (Å²) in [6.07, 6.45) is -6.51. The number of aromatic hydroxyl groups is 4. The topological polar surface area (TPSA) is 209 Å². The number of phenolic OH excluding ortho intramolecular Hbond substituents is 4. The molecule has 4 unspecified atom stereocenters. The monoisotopic (exact) mass is 494 g/mol. The van der Waals surface area contributed by atoms with Crippen LogP contribution in [0.2, 0.25) is 0 Å². The molecule has 0 radical (unpaired) electrons. The molecule has 2 aromatic carbocycles. The van der Waals surface area contributed by atoms with Gasteiger partial charge in [0.05, 0.1) is 20.8 Å². The van der Waals surface area contributed by atoms with Crippen molar-refractivity contribution in [2.75, 3.05) is 20.8 Å². The molecular weight excluding hydrogens is 472 g/mol. The molecule has 0 saturated carbocycles. The number of ether oxygens (including phenoxy) is 4. The van der Waals surface area contributed by atoms with Crippen LogP contribution in [0.15, 0.2) is 27.4 Å². The summed E-state index contributed by atoms with van der Waals surface area (Å²) in [4.78, 5) is 13.6. The Balaban J connectivity index is 2.03. The highest BCUT2D eigenvalue weighted by Crippen LogP contribution is 2.50. The van der Waals surface area contributed by atoms with Gasteiger partial charge in [-0.25, -0.2) is 0 Å². The minimum Gasteiger partial charge on any atom is -0.504 e. The summed E-state index contributed by atoms with van der Waals surface area (Å²) in [6.45, 7) is -0.433. The molecule has 2 heterocycles. The van der Waals surface area contributed by atoms with Gasteiger partial charge in [0.25, 0.3) is 0 Å². The number of benzene rings is 2. The first-order valence-electron chi connectivity index (χ1n) is 10.1. The molecule has 3 aromatic rings. The number of hydrogen-bond acceptors (Lipinski definition) is 13. The molecule has 1 aliphatic rings. The zero-order valence-electron chi connectivity index (χ0n) is 18.3. The second-order valence-corrected chi connectivity index (χ2v) is 7.63. The SMILES string of the molecule is COc1c(O)c(OC)c2oc(-c3ccc(O)c(O)c3)c(OC3OCC(O)C(O)C3O)c(=O)c2c1O. The lowest BCUT2D eigenvalue weighted by Gasteiger charge is -2.34. The molecule has 13 heteroatoms. The van der Waals surface area contributed by atoms with Gasteiger partial charge in [0.1, 0.15) is 23.7 Å². The van der Waals surface area contributed by atoms with Crippen molar-refractivity contribution in [3.63, 3.8) is 0 Å². The van der Waals surface area contributed by atoms with Crippen molar-refractivity contribution < 1.29 is 59.1 Å². The van der Waals surface area contributed by atoms with Crippen LogP contribution in [0.5, 0.6) is 40.2 Å². The van der Waals surface area contributed by atoms with Crippen LogP contribution in [0.25, 0.3) is 22.3 Å². The molecule has 0 bridgehead atoms. The van der Waals surface area contributed by atoms with Gasteiger partial charge in [0.2, 0.25) is 34.7 Å². The molecule has 1 fully saturated rings. The van der Waals surface area contributed by atoms with E-state index in [0.29, 0.717) is 0 Å². The molecule has 35 heavy (non-hydrogen) atoms. The summed E-state index contributed by atoms with van der Waals surface area (Å²) < 4.78 is 26.7. The van der Waals surface area contributed by atoms with Crippen LogP contribution in [-0.4, -0.2) is 81.2 Å². The summed E-state index contributed by atoms with van der Waals surface area (Å²) in [5.41, 5.74) is -1.44. The maximum absolute atomic E-state index is 13.6. The molecule has 0 spiro atoms. The van der Waals surface area contributed by atoms with Gasteiger partial charge < -0.3 is 59.1 Å². The van der Waals surface area contributed by atoms with E-state index in [-0.39, 0.29) is 17.1 Å². The Hall–Kier alpha value is -3.91. The zero-order chi connectivity index (χ0) is 25.6. The van der Waals surface area contributed by atoms with Crippen LogP contribution in [0.1, 0.15) is 0 Å². The van der Waals surface area contributed by atoms with E-state index in [1.165, 1.54) is 13.2 Å². The van der Waals surface area contributed by atoms with Crippen LogP contribution >= 0.6 is 0 Å². The fraction of sp³-hybridized carbons (Fsp3) is 0.318. The number of methoxy groups -OCH3 is 2. The number of aliphatic hydroxyl groups excluding tert-OH is 3. The molecule has 1 saturated heterocycles. The van der Waals surface area contributed by atoms with Gasteiger partial charge in [-0.3, -0.25) is 4.79 Å². The van der Waals surface area contributed by atoms with Gasteiger partial charge in [0.15, 0.2) is 28.6 Å². The maximum atomic E-state index is 13.6. The lowest BCUT2D eigenvalue weighted by Crippen LogP contribution is -2.55. The Morgan fingerprint density at radius 1 is 0.886 bits per heavy atom. The van der Waals surface area contributed by atoms with E-state index in [2.05, 4.69) is 0 Å². The molecule has 4 atom stereocenters. The first-order valence-corrected chi connectivity index (χ1v) is 10.1. The predicted octanol–water partition coefficient (Wildman–Crippen LogP) is 0.117. The fourth-order valence-electron chi connectivity index (χ4n) is 3.67. The number of hydrogen-bond donors (Lipinski definition) is 7. The highest BCUT2D eigenvalue weighted by molar-refractivity contribution is 5.96. The molecule has 7 N–H and O–H groups in total. The number of rotatable bonds is 5. The van der Waals surface area contributed by atoms with Gasteiger partial charge >= 0.3 is 0 Å². The zero-order valence-corrected chi connectivity index (χ0v) is 18.3. The number of fused-ring (bicyclic) bond motifs is 1. The average molecular weight is 494 g/mol. The molecule has 0 aliphatic carbocycles. The van der Waals surface area contributed by atoms with Crippen LogP contribution in [-0.2, 0) is 4.74 Å². The smallest absolute Gasteiger partial charge is 0.239 e. The molecule has 4 rings (SSSR count). The lowest BCUT2D eigenvalue weighted by molar-refractivity contribution is -0.242.